The van der Waals surface area contributed by atoms with E-state index in [9.17, 15) is 9.59 Å². The molecule has 0 spiro atoms. The molecule has 0 saturated heterocycles. The summed E-state index contributed by atoms with van der Waals surface area (Å²) in [6.07, 6.45) is 0. The summed E-state index contributed by atoms with van der Waals surface area (Å²) in [5, 5.41) is 0. The van der Waals surface area contributed by atoms with E-state index in [0.717, 1.165) is 0 Å². The van der Waals surface area contributed by atoms with Crippen molar-refractivity contribution in [3.63, 3.8) is 0 Å². The highest BCUT2D eigenvalue weighted by molar-refractivity contribution is 5.80. The average molecular weight is 188 g/mol. The van der Waals surface area contributed by atoms with Gasteiger partial charge in [-0.3, -0.25) is 4.79 Å². The van der Waals surface area contributed by atoms with E-state index in [-0.39, 0.29) is 12.6 Å². The smallest absolute Gasteiger partial charge is 0.325 e. The van der Waals surface area contributed by atoms with Crippen LogP contribution < -0.4 is 0 Å². The standard InChI is InChI=1S/C8H16N2O3/c1-5-9(2)8(12)10(3)6-7(11)13-4/h5-6H2,1-4H3. The second kappa shape index (κ2) is 5.40. The van der Waals surface area contributed by atoms with Gasteiger partial charge in [0.1, 0.15) is 6.54 Å². The van der Waals surface area contributed by atoms with E-state index in [0.29, 0.717) is 6.54 Å². The molecular weight excluding hydrogens is 172 g/mol. The summed E-state index contributed by atoms with van der Waals surface area (Å²) in [6.45, 7) is 2.47. The molecular formula is C8H16N2O3. The van der Waals surface area contributed by atoms with Crippen LogP contribution >= 0.6 is 0 Å². The van der Waals surface area contributed by atoms with E-state index in [1.807, 2.05) is 6.92 Å². The molecule has 0 aromatic carbocycles. The predicted molar refractivity (Wildman–Crippen MR) is 48.3 cm³/mol. The van der Waals surface area contributed by atoms with Gasteiger partial charge in [-0.2, -0.15) is 0 Å². The van der Waals surface area contributed by atoms with Gasteiger partial charge in [-0.25, -0.2) is 4.79 Å². The highest BCUT2D eigenvalue weighted by Crippen LogP contribution is 1.93. The molecule has 5 nitrogen and oxygen atoms in total. The molecule has 0 fully saturated rings. The number of carbonyl (C=O) groups is 2. The number of hydrogen-bond acceptors (Lipinski definition) is 3. The first-order valence-electron chi connectivity index (χ1n) is 4.06. The number of amides is 2. The molecule has 0 atom stereocenters. The second-order valence-corrected chi connectivity index (χ2v) is 2.73. The molecule has 0 aliphatic heterocycles. The third kappa shape index (κ3) is 3.78. The maximum atomic E-state index is 11.4. The Bertz CT molecular complexity index is 194. The topological polar surface area (TPSA) is 49.9 Å². The summed E-state index contributed by atoms with van der Waals surface area (Å²) >= 11 is 0. The first kappa shape index (κ1) is 11.7. The number of rotatable bonds is 3. The highest BCUT2D eigenvalue weighted by atomic mass is 16.5. The number of nitrogens with zero attached hydrogens (tertiary/aromatic N) is 2. The Morgan fingerprint density at radius 3 is 2.15 bits per heavy atom. The zero-order chi connectivity index (χ0) is 10.4. The first-order chi connectivity index (χ1) is 6.02. The number of carbonyl (C=O) groups excluding carboxylic acids is 2. The van der Waals surface area contributed by atoms with E-state index in [1.165, 1.54) is 16.9 Å². The molecule has 0 aliphatic carbocycles. The summed E-state index contributed by atoms with van der Waals surface area (Å²) in [5.74, 6) is -0.416. The fraction of sp³-hybridized carbons (Fsp3) is 0.750. The minimum Gasteiger partial charge on any atom is -0.468 e. The molecule has 0 heterocycles. The van der Waals surface area contributed by atoms with E-state index in [2.05, 4.69) is 4.74 Å². The molecule has 0 saturated carbocycles. The van der Waals surface area contributed by atoms with Gasteiger partial charge in [-0.05, 0) is 6.92 Å². The van der Waals surface area contributed by atoms with Gasteiger partial charge in [0.15, 0.2) is 0 Å². The monoisotopic (exact) mass is 188 g/mol. The highest BCUT2D eigenvalue weighted by Gasteiger charge is 2.15. The average Bonchev–Trinajstić information content (AvgIpc) is 2.14. The molecule has 0 radical (unpaired) electrons. The molecule has 5 heteroatoms. The fourth-order valence-electron chi connectivity index (χ4n) is 0.753. The lowest BCUT2D eigenvalue weighted by Crippen LogP contribution is -2.41. The number of urea groups is 1. The van der Waals surface area contributed by atoms with Crippen molar-refractivity contribution in [3.8, 4) is 0 Å². The zero-order valence-electron chi connectivity index (χ0n) is 8.53. The minimum atomic E-state index is -0.416. The lowest BCUT2D eigenvalue weighted by molar-refractivity contribution is -0.141. The van der Waals surface area contributed by atoms with E-state index in [4.69, 9.17) is 0 Å². The van der Waals surface area contributed by atoms with Crippen molar-refractivity contribution < 1.29 is 14.3 Å². The molecule has 13 heavy (non-hydrogen) atoms. The van der Waals surface area contributed by atoms with Crippen molar-refractivity contribution in [1.82, 2.24) is 9.80 Å². The quantitative estimate of drug-likeness (QED) is 0.593. The van der Waals surface area contributed by atoms with Crippen molar-refractivity contribution >= 4 is 12.0 Å². The third-order valence-corrected chi connectivity index (χ3v) is 1.72. The summed E-state index contributed by atoms with van der Waals surface area (Å²) in [7, 11) is 4.53. The number of likely N-dealkylation sites (N-methyl/N-ethyl adjacent to an activating group) is 1. The molecule has 2 amide bonds. The maximum absolute atomic E-state index is 11.4. The molecule has 0 N–H and O–H groups in total. The summed E-state index contributed by atoms with van der Waals surface area (Å²) in [5.41, 5.74) is 0. The van der Waals surface area contributed by atoms with Crippen molar-refractivity contribution in [3.05, 3.63) is 0 Å². The van der Waals surface area contributed by atoms with E-state index < -0.39 is 5.97 Å². The van der Waals surface area contributed by atoms with Gasteiger partial charge in [0.05, 0.1) is 7.11 Å². The Morgan fingerprint density at radius 2 is 1.77 bits per heavy atom. The lowest BCUT2D eigenvalue weighted by Gasteiger charge is -2.22. The van der Waals surface area contributed by atoms with Crippen LogP contribution in [0, 0.1) is 0 Å². The molecule has 0 aromatic heterocycles. The van der Waals surface area contributed by atoms with Gasteiger partial charge in [0.2, 0.25) is 0 Å². The van der Waals surface area contributed by atoms with Crippen LogP contribution in [0.25, 0.3) is 0 Å². The van der Waals surface area contributed by atoms with Crippen molar-refractivity contribution in [2.45, 2.75) is 6.92 Å². The number of methoxy groups -OCH3 is 1. The van der Waals surface area contributed by atoms with Gasteiger partial charge in [-0.15, -0.1) is 0 Å². The van der Waals surface area contributed by atoms with Crippen LogP contribution in [0.3, 0.4) is 0 Å². The molecule has 0 aliphatic rings. The summed E-state index contributed by atoms with van der Waals surface area (Å²) in [4.78, 5) is 25.0. The van der Waals surface area contributed by atoms with Crippen molar-refractivity contribution in [2.24, 2.45) is 0 Å². The minimum absolute atomic E-state index is 0.0142. The zero-order valence-corrected chi connectivity index (χ0v) is 8.53. The largest absolute Gasteiger partial charge is 0.468 e. The van der Waals surface area contributed by atoms with Crippen molar-refractivity contribution in [1.29, 1.82) is 0 Å². The lowest BCUT2D eigenvalue weighted by atomic mass is 10.5. The van der Waals surface area contributed by atoms with Gasteiger partial charge < -0.3 is 14.5 Å². The molecule has 0 rings (SSSR count). The maximum Gasteiger partial charge on any atom is 0.325 e. The van der Waals surface area contributed by atoms with Gasteiger partial charge in [0, 0.05) is 20.6 Å². The Balaban J connectivity index is 4.03. The Morgan fingerprint density at radius 1 is 1.23 bits per heavy atom. The molecule has 0 bridgehead atoms. The second-order valence-electron chi connectivity index (χ2n) is 2.73. The Labute approximate surface area is 78.3 Å². The number of ether oxygens (including phenoxy) is 1. The van der Waals surface area contributed by atoms with Crippen LogP contribution in [0.1, 0.15) is 6.92 Å². The molecule has 0 unspecified atom stereocenters. The molecule has 76 valence electrons. The normalized spacial score (nSPS) is 9.23. The van der Waals surface area contributed by atoms with E-state index >= 15 is 0 Å². The predicted octanol–water partition coefficient (Wildman–Crippen LogP) is 0.163. The van der Waals surface area contributed by atoms with Crippen LogP contribution in [0.5, 0.6) is 0 Å². The summed E-state index contributed by atoms with van der Waals surface area (Å²) in [6, 6.07) is -0.187. The third-order valence-electron chi connectivity index (χ3n) is 1.72. The molecule has 0 aromatic rings. The van der Waals surface area contributed by atoms with Crippen LogP contribution in [-0.4, -0.2) is 56.1 Å². The van der Waals surface area contributed by atoms with Crippen LogP contribution in [0.15, 0.2) is 0 Å². The summed E-state index contributed by atoms with van der Waals surface area (Å²) < 4.78 is 4.43. The van der Waals surface area contributed by atoms with E-state index in [1.54, 1.807) is 14.1 Å². The van der Waals surface area contributed by atoms with Gasteiger partial charge >= 0.3 is 12.0 Å². The van der Waals surface area contributed by atoms with Crippen LogP contribution in [-0.2, 0) is 9.53 Å². The Kier molecular flexibility index (Phi) is 4.87. The number of esters is 1. The van der Waals surface area contributed by atoms with Crippen LogP contribution in [0.2, 0.25) is 0 Å². The van der Waals surface area contributed by atoms with Gasteiger partial charge in [0.25, 0.3) is 0 Å². The Hall–Kier alpha value is -1.26. The SMILES string of the molecule is CCN(C)C(=O)N(C)CC(=O)OC. The van der Waals surface area contributed by atoms with Crippen LogP contribution in [0.4, 0.5) is 4.79 Å². The number of hydrogen-bond donors (Lipinski definition) is 0. The fourth-order valence-corrected chi connectivity index (χ4v) is 0.753. The van der Waals surface area contributed by atoms with Gasteiger partial charge in [-0.1, -0.05) is 0 Å². The van der Waals surface area contributed by atoms with Crippen molar-refractivity contribution in [2.75, 3.05) is 34.3 Å². The first-order valence-corrected chi connectivity index (χ1v) is 4.06.